The van der Waals surface area contributed by atoms with Crippen molar-refractivity contribution in [2.45, 2.75) is 5.72 Å². The van der Waals surface area contributed by atoms with Crippen LogP contribution in [0.15, 0.2) is 54.6 Å². The number of H-pyrrole nitrogens is 1. The number of nitrogens with one attached hydrogen (secondary N) is 2. The van der Waals surface area contributed by atoms with Crippen molar-refractivity contribution in [1.29, 1.82) is 0 Å². The van der Waals surface area contributed by atoms with Crippen LogP contribution in [-0.4, -0.2) is 34.2 Å². The fourth-order valence-corrected chi connectivity index (χ4v) is 4.35. The van der Waals surface area contributed by atoms with Crippen LogP contribution in [0.2, 0.25) is 10.0 Å². The fourth-order valence-electron chi connectivity index (χ4n) is 4.05. The number of hydrogen-bond acceptors (Lipinski definition) is 5. The molecule has 180 valence electrons. The molecule has 0 spiro atoms. The number of rotatable bonds is 3. The Morgan fingerprint density at radius 3 is 2.63 bits per heavy atom. The number of amides is 2. The number of carbonyl (C=O) groups is 2. The molecule has 35 heavy (non-hydrogen) atoms. The molecule has 8 nitrogen and oxygen atoms in total. The van der Waals surface area contributed by atoms with Gasteiger partial charge in [0.2, 0.25) is 5.95 Å². The van der Waals surface area contributed by atoms with Crippen molar-refractivity contribution in [2.24, 2.45) is 0 Å². The molecule has 12 heteroatoms. The molecular weight excluding hydrogens is 522 g/mol. The lowest BCUT2D eigenvalue weighted by Gasteiger charge is -2.35. The van der Waals surface area contributed by atoms with E-state index in [2.05, 4.69) is 20.0 Å². The van der Waals surface area contributed by atoms with Crippen LogP contribution in [0.25, 0.3) is 11.0 Å². The van der Waals surface area contributed by atoms with E-state index in [1.165, 1.54) is 13.2 Å². The summed E-state index contributed by atoms with van der Waals surface area (Å²) in [5, 5.41) is 14.5. The quantitative estimate of drug-likeness (QED) is 0.301. The lowest BCUT2D eigenvalue weighted by Crippen LogP contribution is -2.45. The highest BCUT2D eigenvalue weighted by Gasteiger charge is 2.51. The molecule has 3 N–H and O–H groups in total. The Kier molecular flexibility index (Phi) is 6.37. The molecule has 2 amide bonds. The van der Waals surface area contributed by atoms with Crippen molar-refractivity contribution in [3.8, 4) is 0 Å². The second-order valence-corrected chi connectivity index (χ2v) is 8.32. The minimum absolute atomic E-state index is 0. The highest BCUT2D eigenvalue weighted by molar-refractivity contribution is 6.42. The first-order valence-electron chi connectivity index (χ1n) is 9.90. The molecule has 0 radical (unpaired) electrons. The standard InChI is InChI=1S/C23H15Cl2FN4O4.ClH/c1-34-22(32)29-21-27-17-7-6-11(8-18(17)28-21)23(33)13-5-3-2-4-12(13)20(31)30(23)19-10-15(25)14(24)9-16(19)26;/h2-10,33H,1H3,(H2,27,28,29,32);1H. The summed E-state index contributed by atoms with van der Waals surface area (Å²) < 4.78 is 19.6. The maximum absolute atomic E-state index is 15.0. The molecule has 5 rings (SSSR count). The highest BCUT2D eigenvalue weighted by atomic mass is 35.5. The van der Waals surface area contributed by atoms with E-state index in [0.29, 0.717) is 11.0 Å². The number of methoxy groups -OCH3 is 1. The summed E-state index contributed by atoms with van der Waals surface area (Å²) in [4.78, 5) is 33.0. The summed E-state index contributed by atoms with van der Waals surface area (Å²) in [6.45, 7) is 0. The topological polar surface area (TPSA) is 108 Å². The van der Waals surface area contributed by atoms with Crippen LogP contribution in [-0.2, 0) is 10.5 Å². The Bertz CT molecular complexity index is 1500. The van der Waals surface area contributed by atoms with Crippen molar-refractivity contribution < 1.29 is 23.8 Å². The Balaban J connectivity index is 0.00000289. The number of carbonyl (C=O) groups excluding carboxylic acids is 2. The van der Waals surface area contributed by atoms with Gasteiger partial charge in [-0.25, -0.2) is 14.2 Å². The zero-order valence-corrected chi connectivity index (χ0v) is 20.1. The van der Waals surface area contributed by atoms with Gasteiger partial charge in [-0.15, -0.1) is 12.4 Å². The molecule has 1 atom stereocenters. The van der Waals surface area contributed by atoms with E-state index in [9.17, 15) is 14.7 Å². The zero-order valence-electron chi connectivity index (χ0n) is 17.8. The second kappa shape index (κ2) is 9.01. The van der Waals surface area contributed by atoms with Gasteiger partial charge in [0.15, 0.2) is 5.72 Å². The third kappa shape index (κ3) is 3.86. The monoisotopic (exact) mass is 536 g/mol. The van der Waals surface area contributed by atoms with E-state index in [-0.39, 0.29) is 50.8 Å². The number of fused-ring (bicyclic) bond motifs is 2. The summed E-state index contributed by atoms with van der Waals surface area (Å²) in [6, 6.07) is 13.3. The zero-order chi connectivity index (χ0) is 24.2. The van der Waals surface area contributed by atoms with E-state index in [1.807, 2.05) is 0 Å². The van der Waals surface area contributed by atoms with Gasteiger partial charge in [0.1, 0.15) is 5.82 Å². The molecule has 0 saturated heterocycles. The number of hydrogen-bond donors (Lipinski definition) is 3. The molecule has 2 heterocycles. The van der Waals surface area contributed by atoms with Crippen molar-refractivity contribution in [1.82, 2.24) is 9.97 Å². The van der Waals surface area contributed by atoms with Crippen LogP contribution in [0.3, 0.4) is 0 Å². The average molecular weight is 538 g/mol. The SMILES string of the molecule is COC(=O)Nc1nc2ccc(C3(O)c4ccccc4C(=O)N3c3cc(Cl)c(Cl)cc3F)cc2[nH]1.Cl. The van der Waals surface area contributed by atoms with Crippen molar-refractivity contribution in [3.63, 3.8) is 0 Å². The number of aromatic amines is 1. The van der Waals surface area contributed by atoms with Gasteiger partial charge in [0.25, 0.3) is 5.91 Å². The lowest BCUT2D eigenvalue weighted by atomic mass is 9.93. The van der Waals surface area contributed by atoms with Gasteiger partial charge >= 0.3 is 6.09 Å². The van der Waals surface area contributed by atoms with Crippen LogP contribution in [0.5, 0.6) is 0 Å². The molecule has 1 aromatic heterocycles. The first kappa shape index (κ1) is 24.7. The predicted octanol–water partition coefficient (Wildman–Crippen LogP) is 5.46. The van der Waals surface area contributed by atoms with E-state index >= 15 is 4.39 Å². The molecule has 1 aliphatic heterocycles. The number of anilines is 2. The molecule has 4 aromatic rings. The summed E-state index contributed by atoms with van der Waals surface area (Å²) in [5.41, 5.74) is -0.688. The number of ether oxygens (including phenoxy) is 1. The van der Waals surface area contributed by atoms with Gasteiger partial charge in [-0.05, 0) is 30.3 Å². The Hall–Kier alpha value is -3.37. The van der Waals surface area contributed by atoms with Crippen LogP contribution in [0.4, 0.5) is 20.8 Å². The van der Waals surface area contributed by atoms with Crippen LogP contribution >= 0.6 is 35.6 Å². The number of benzene rings is 3. The average Bonchev–Trinajstić information content (AvgIpc) is 3.32. The number of aliphatic hydroxyl groups is 1. The van der Waals surface area contributed by atoms with E-state index in [1.54, 1.807) is 42.5 Å². The predicted molar refractivity (Wildman–Crippen MR) is 132 cm³/mol. The maximum atomic E-state index is 15.0. The number of nitrogens with zero attached hydrogens (tertiary/aromatic N) is 2. The summed E-state index contributed by atoms with van der Waals surface area (Å²) in [7, 11) is 1.22. The Labute approximate surface area is 214 Å². The van der Waals surface area contributed by atoms with Crippen molar-refractivity contribution in [3.05, 3.63) is 87.2 Å². The molecule has 0 fully saturated rings. The third-order valence-electron chi connectivity index (χ3n) is 5.58. The molecule has 0 aliphatic carbocycles. The van der Waals surface area contributed by atoms with Crippen LogP contribution in [0, 0.1) is 5.82 Å². The summed E-state index contributed by atoms with van der Waals surface area (Å²) >= 11 is 12.1. The summed E-state index contributed by atoms with van der Waals surface area (Å²) in [6.07, 6.45) is -0.713. The molecule has 3 aromatic carbocycles. The van der Waals surface area contributed by atoms with Crippen molar-refractivity contribution >= 4 is 70.3 Å². The first-order valence-corrected chi connectivity index (χ1v) is 10.7. The van der Waals surface area contributed by atoms with Crippen molar-refractivity contribution in [2.75, 3.05) is 17.3 Å². The first-order chi connectivity index (χ1) is 16.2. The molecule has 1 unspecified atom stereocenters. The third-order valence-corrected chi connectivity index (χ3v) is 6.30. The van der Waals surface area contributed by atoms with Gasteiger partial charge in [0, 0.05) is 16.7 Å². The van der Waals surface area contributed by atoms with Gasteiger partial charge < -0.3 is 14.8 Å². The summed E-state index contributed by atoms with van der Waals surface area (Å²) in [5.74, 6) is -1.32. The number of halogens is 4. The largest absolute Gasteiger partial charge is 0.453 e. The van der Waals surface area contributed by atoms with E-state index in [0.717, 1.165) is 11.0 Å². The van der Waals surface area contributed by atoms with Gasteiger partial charge in [-0.2, -0.15) is 0 Å². The van der Waals surface area contributed by atoms with E-state index < -0.39 is 23.5 Å². The Morgan fingerprint density at radius 2 is 1.89 bits per heavy atom. The number of imidazole rings is 1. The fraction of sp³-hybridized carbons (Fsp3) is 0.0870. The van der Waals surface area contributed by atoms with Crippen LogP contribution < -0.4 is 10.2 Å². The van der Waals surface area contributed by atoms with Gasteiger partial charge in [0.05, 0.1) is 33.9 Å². The molecule has 0 saturated carbocycles. The minimum atomic E-state index is -2.08. The molecule has 1 aliphatic rings. The molecule has 0 bridgehead atoms. The smallest absolute Gasteiger partial charge is 0.413 e. The normalized spacial score (nSPS) is 16.7. The Morgan fingerprint density at radius 1 is 1.17 bits per heavy atom. The lowest BCUT2D eigenvalue weighted by molar-refractivity contribution is 0.0699. The second-order valence-electron chi connectivity index (χ2n) is 7.51. The molecular formula is C23H16Cl3FN4O4. The highest BCUT2D eigenvalue weighted by Crippen LogP contribution is 2.47. The number of aromatic nitrogens is 2. The van der Waals surface area contributed by atoms with E-state index in [4.69, 9.17) is 23.2 Å². The van der Waals surface area contributed by atoms with Gasteiger partial charge in [-0.3, -0.25) is 15.0 Å². The van der Waals surface area contributed by atoms with Crippen LogP contribution in [0.1, 0.15) is 21.5 Å². The minimum Gasteiger partial charge on any atom is -0.453 e. The maximum Gasteiger partial charge on any atom is 0.413 e. The van der Waals surface area contributed by atoms with Gasteiger partial charge in [-0.1, -0.05) is 47.5 Å².